The number of urea groups is 1. The zero-order chi connectivity index (χ0) is 26.7. The number of aliphatic hydroxyl groups is 1. The number of carbonyl (C=O) groups excluding carboxylic acids is 4. The smallest absolute Gasteiger partial charge is 0.534 e. The summed E-state index contributed by atoms with van der Waals surface area (Å²) in [6, 6.07) is 0.495. The molecule has 1 unspecified atom stereocenters. The van der Waals surface area contributed by atoms with Gasteiger partial charge in [-0.3, -0.25) is 19.3 Å². The first kappa shape index (κ1) is 26.8. The second-order valence-electron chi connectivity index (χ2n) is 8.02. The number of imide groups is 1. The largest absolute Gasteiger partial charge is 0.547 e. The van der Waals surface area contributed by atoms with Gasteiger partial charge in [-0.2, -0.15) is 0 Å². The molecule has 1 saturated heterocycles. The number of nitrogens with zero attached hydrogens (tertiary/aromatic N) is 2. The Hall–Kier alpha value is -3.79. The predicted molar refractivity (Wildman–Crippen MR) is 116 cm³/mol. The van der Waals surface area contributed by atoms with Crippen molar-refractivity contribution in [2.45, 2.75) is 37.9 Å². The molecule has 0 aliphatic carbocycles. The molecule has 2 aliphatic heterocycles. The van der Waals surface area contributed by atoms with Crippen LogP contribution >= 0.6 is 0 Å². The van der Waals surface area contributed by atoms with Gasteiger partial charge < -0.3 is 35.4 Å². The molecule has 5 amide bonds. The molecule has 1 fully saturated rings. The summed E-state index contributed by atoms with van der Waals surface area (Å²) in [7, 11) is -1.79. The first-order valence-electron chi connectivity index (χ1n) is 10.8. The molecule has 3 rings (SSSR count). The minimum atomic E-state index is -3.48. The lowest BCUT2D eigenvalue weighted by molar-refractivity contribution is -0.153. The van der Waals surface area contributed by atoms with E-state index in [1.54, 1.807) is 6.92 Å². The number of para-hydroxylation sites is 1. The van der Waals surface area contributed by atoms with Crippen molar-refractivity contribution in [3.8, 4) is 5.75 Å². The number of amides is 5. The van der Waals surface area contributed by atoms with Crippen LogP contribution in [0, 0.1) is 0 Å². The maximum Gasteiger partial charge on any atom is 0.547 e. The van der Waals surface area contributed by atoms with Crippen molar-refractivity contribution in [1.29, 1.82) is 0 Å². The van der Waals surface area contributed by atoms with Crippen molar-refractivity contribution in [3.05, 3.63) is 29.3 Å². The van der Waals surface area contributed by atoms with Crippen LogP contribution in [0.15, 0.2) is 18.2 Å². The maximum absolute atomic E-state index is 13.3. The van der Waals surface area contributed by atoms with Crippen LogP contribution in [0.3, 0.4) is 0 Å². The van der Waals surface area contributed by atoms with Gasteiger partial charge in [-0.05, 0) is 25.0 Å². The standard InChI is InChI=1S/C20H23BF2N4O9/c1-2-26-6-7-27(18(31)17(26)30)20(34)25-12(13(28)15(22)23)16(29)24-11-8-9-4-3-5-10(19(32)33)14(9)36-21(11)35/h3-5,11-13,15,28,35H,2,6-8H2,1H3,(H,24,29)(H,25,34)(H,32,33)/t11?,12-,13+/m1/s1. The molecule has 0 bridgehead atoms. The number of piperazine rings is 1. The van der Waals surface area contributed by atoms with Gasteiger partial charge in [0.1, 0.15) is 17.9 Å². The normalized spacial score (nSPS) is 19.4. The van der Waals surface area contributed by atoms with E-state index in [9.17, 15) is 48.0 Å². The van der Waals surface area contributed by atoms with Crippen LogP contribution in [-0.2, 0) is 20.8 Å². The third-order valence-electron chi connectivity index (χ3n) is 5.77. The number of halogens is 2. The van der Waals surface area contributed by atoms with Crippen molar-refractivity contribution in [1.82, 2.24) is 20.4 Å². The van der Waals surface area contributed by atoms with Gasteiger partial charge in [0.2, 0.25) is 5.91 Å². The van der Waals surface area contributed by atoms with Crippen LogP contribution in [0.1, 0.15) is 22.8 Å². The van der Waals surface area contributed by atoms with E-state index in [-0.39, 0.29) is 37.4 Å². The molecule has 0 saturated carbocycles. The number of fused-ring (bicyclic) bond motifs is 1. The lowest BCUT2D eigenvalue weighted by Gasteiger charge is -2.34. The number of benzene rings is 1. The summed E-state index contributed by atoms with van der Waals surface area (Å²) in [5, 5.41) is 33.5. The molecule has 2 heterocycles. The van der Waals surface area contributed by atoms with Crippen LogP contribution in [0.4, 0.5) is 13.6 Å². The number of nitrogens with one attached hydrogen (secondary N) is 2. The molecule has 36 heavy (non-hydrogen) atoms. The first-order valence-corrected chi connectivity index (χ1v) is 10.8. The average Bonchev–Trinajstić information content (AvgIpc) is 2.83. The Morgan fingerprint density at radius 1 is 1.22 bits per heavy atom. The van der Waals surface area contributed by atoms with Gasteiger partial charge in [0.15, 0.2) is 0 Å². The second kappa shape index (κ2) is 10.9. The SMILES string of the molecule is CCN1CCN(C(=O)N[C@@H](C(=O)NC2Cc3cccc(C(=O)O)c3OB2O)[C@H](O)C(F)F)C(=O)C1=O. The van der Waals surface area contributed by atoms with Crippen LogP contribution in [0.25, 0.3) is 0 Å². The van der Waals surface area contributed by atoms with Crippen LogP contribution in [-0.4, -0.2) is 106 Å². The van der Waals surface area contributed by atoms with Gasteiger partial charge in [0, 0.05) is 19.6 Å². The fourth-order valence-electron chi connectivity index (χ4n) is 3.82. The van der Waals surface area contributed by atoms with E-state index >= 15 is 0 Å². The second-order valence-corrected chi connectivity index (χ2v) is 8.02. The van der Waals surface area contributed by atoms with Gasteiger partial charge in [-0.1, -0.05) is 12.1 Å². The zero-order valence-corrected chi connectivity index (χ0v) is 18.9. The Bertz CT molecular complexity index is 1080. The summed E-state index contributed by atoms with van der Waals surface area (Å²) in [5.41, 5.74) is 0.0513. The van der Waals surface area contributed by atoms with Gasteiger partial charge in [-0.15, -0.1) is 0 Å². The Balaban J connectivity index is 1.75. The van der Waals surface area contributed by atoms with E-state index in [0.29, 0.717) is 10.5 Å². The minimum absolute atomic E-state index is 0.00783. The number of likely N-dealkylation sites (N-methyl/N-ethyl adjacent to an activating group) is 1. The lowest BCUT2D eigenvalue weighted by Crippen LogP contribution is -2.64. The number of rotatable bonds is 7. The summed E-state index contributed by atoms with van der Waals surface area (Å²) < 4.78 is 31.8. The van der Waals surface area contributed by atoms with Crippen molar-refractivity contribution in [2.75, 3.05) is 19.6 Å². The summed E-state index contributed by atoms with van der Waals surface area (Å²) in [6.45, 7) is 1.55. The van der Waals surface area contributed by atoms with E-state index in [1.807, 2.05) is 5.32 Å². The first-order chi connectivity index (χ1) is 17.0. The minimum Gasteiger partial charge on any atom is -0.534 e. The van der Waals surface area contributed by atoms with Crippen molar-refractivity contribution < 1.29 is 52.6 Å². The third kappa shape index (κ3) is 5.38. The number of carboxylic acid groups (broad SMARTS) is 1. The highest BCUT2D eigenvalue weighted by molar-refractivity contribution is 6.47. The molecular weight excluding hydrogens is 489 g/mol. The predicted octanol–water partition coefficient (Wildman–Crippen LogP) is -1.78. The molecule has 0 spiro atoms. The molecule has 194 valence electrons. The summed E-state index contributed by atoms with van der Waals surface area (Å²) in [4.78, 5) is 62.6. The highest BCUT2D eigenvalue weighted by Gasteiger charge is 2.43. The Morgan fingerprint density at radius 2 is 1.92 bits per heavy atom. The number of aliphatic hydroxyl groups excluding tert-OH is 1. The Morgan fingerprint density at radius 3 is 2.53 bits per heavy atom. The molecular formula is C20H23BF2N4O9. The molecule has 1 aromatic rings. The Labute approximate surface area is 203 Å². The van der Waals surface area contributed by atoms with Crippen molar-refractivity contribution >= 4 is 36.8 Å². The number of hydrogen-bond donors (Lipinski definition) is 5. The fraction of sp³-hybridized carbons (Fsp3) is 0.450. The number of carbonyl (C=O) groups is 5. The van der Waals surface area contributed by atoms with E-state index in [1.165, 1.54) is 23.1 Å². The van der Waals surface area contributed by atoms with E-state index in [4.69, 9.17) is 4.65 Å². The van der Waals surface area contributed by atoms with Gasteiger partial charge in [-0.25, -0.2) is 18.4 Å². The van der Waals surface area contributed by atoms with E-state index < -0.39 is 61.4 Å². The number of alkyl halides is 2. The maximum atomic E-state index is 13.3. The monoisotopic (exact) mass is 512 g/mol. The summed E-state index contributed by atoms with van der Waals surface area (Å²) in [6.07, 6.45) is -6.35. The number of hydrogen-bond acceptors (Lipinski definition) is 8. The Kier molecular flexibility index (Phi) is 8.09. The highest BCUT2D eigenvalue weighted by atomic mass is 19.3. The molecule has 3 atom stereocenters. The summed E-state index contributed by atoms with van der Waals surface area (Å²) >= 11 is 0. The lowest BCUT2D eigenvalue weighted by atomic mass is 9.72. The quantitative estimate of drug-likeness (QED) is 0.208. The van der Waals surface area contributed by atoms with Crippen LogP contribution < -0.4 is 15.3 Å². The van der Waals surface area contributed by atoms with Crippen LogP contribution in [0.2, 0.25) is 0 Å². The average molecular weight is 512 g/mol. The third-order valence-corrected chi connectivity index (χ3v) is 5.77. The summed E-state index contributed by atoms with van der Waals surface area (Å²) in [5.74, 6) is -6.28. The molecule has 1 aromatic carbocycles. The van der Waals surface area contributed by atoms with Crippen molar-refractivity contribution in [3.63, 3.8) is 0 Å². The zero-order valence-electron chi connectivity index (χ0n) is 18.9. The van der Waals surface area contributed by atoms with Crippen LogP contribution in [0.5, 0.6) is 5.75 Å². The molecule has 2 aliphatic rings. The molecule has 0 radical (unpaired) electrons. The molecule has 5 N–H and O–H groups in total. The number of carboxylic acids is 1. The van der Waals surface area contributed by atoms with E-state index in [0.717, 1.165) is 0 Å². The van der Waals surface area contributed by atoms with Gasteiger partial charge >= 0.3 is 30.9 Å². The van der Waals surface area contributed by atoms with Gasteiger partial charge in [0.25, 0.3) is 6.43 Å². The van der Waals surface area contributed by atoms with Crippen molar-refractivity contribution in [2.24, 2.45) is 0 Å². The highest BCUT2D eigenvalue weighted by Crippen LogP contribution is 2.30. The molecule has 13 nitrogen and oxygen atoms in total. The van der Waals surface area contributed by atoms with Gasteiger partial charge in [0.05, 0.1) is 11.5 Å². The number of aromatic carboxylic acids is 1. The topological polar surface area (TPSA) is 186 Å². The fourth-order valence-corrected chi connectivity index (χ4v) is 3.82. The van der Waals surface area contributed by atoms with E-state index in [2.05, 4.69) is 5.32 Å². The molecule has 0 aromatic heterocycles. The molecule has 16 heteroatoms.